The number of halogens is 1. The van der Waals surface area contributed by atoms with E-state index in [-0.39, 0.29) is 17.6 Å². The number of hydrogen-bond donors (Lipinski definition) is 2. The zero-order valence-electron chi connectivity index (χ0n) is 14.4. The predicted octanol–water partition coefficient (Wildman–Crippen LogP) is 4.06. The lowest BCUT2D eigenvalue weighted by molar-refractivity contribution is -0.116. The second-order valence-electron chi connectivity index (χ2n) is 5.21. The minimum Gasteiger partial charge on any atom is -0.495 e. The summed E-state index contributed by atoms with van der Waals surface area (Å²) in [6.07, 6.45) is 2.25. The first-order valence-corrected chi connectivity index (χ1v) is 10.1. The number of hydrogen-bond acceptors (Lipinski definition) is 7. The monoisotopic (exact) mass is 414 g/mol. The molecule has 2 amide bonds. The second-order valence-corrected chi connectivity index (χ2v) is 7.84. The lowest BCUT2D eigenvalue weighted by atomic mass is 10.2. The summed E-state index contributed by atoms with van der Waals surface area (Å²) in [5.74, 6) is 0.374. The van der Waals surface area contributed by atoms with Crippen LogP contribution < -0.4 is 15.4 Å². The van der Waals surface area contributed by atoms with Crippen molar-refractivity contribution in [3.63, 3.8) is 0 Å². The second kappa shape index (κ2) is 10.3. The third-order valence-electron chi connectivity index (χ3n) is 3.17. The summed E-state index contributed by atoms with van der Waals surface area (Å²) in [7, 11) is 1.52. The molecule has 0 aliphatic heterocycles. The Hall–Kier alpha value is -1.84. The molecule has 0 atom stereocenters. The number of carbonyl (C=O) groups is 2. The highest BCUT2D eigenvalue weighted by atomic mass is 35.5. The summed E-state index contributed by atoms with van der Waals surface area (Å²) in [5, 5.41) is 14.3. The molecule has 2 aromatic rings. The van der Waals surface area contributed by atoms with Gasteiger partial charge in [0.1, 0.15) is 5.75 Å². The fourth-order valence-corrected chi connectivity index (χ4v) is 3.67. The summed E-state index contributed by atoms with van der Waals surface area (Å²) >= 11 is 8.42. The summed E-state index contributed by atoms with van der Waals surface area (Å²) in [5.41, 5.74) is 0.506. The molecule has 0 saturated carbocycles. The van der Waals surface area contributed by atoms with Crippen molar-refractivity contribution < 1.29 is 14.3 Å². The Morgan fingerprint density at radius 3 is 2.81 bits per heavy atom. The van der Waals surface area contributed by atoms with Crippen LogP contribution in [0.5, 0.6) is 5.75 Å². The average Bonchev–Trinajstić information content (AvgIpc) is 3.06. The molecule has 0 fully saturated rings. The Balaban J connectivity index is 1.84. The van der Waals surface area contributed by atoms with Gasteiger partial charge in [-0.25, -0.2) is 0 Å². The smallest absolute Gasteiger partial charge is 0.234 e. The molecular weight excluding hydrogens is 396 g/mol. The molecule has 0 radical (unpaired) electrons. The summed E-state index contributed by atoms with van der Waals surface area (Å²) in [4.78, 5) is 23.8. The lowest BCUT2D eigenvalue weighted by Crippen LogP contribution is -2.14. The van der Waals surface area contributed by atoms with Crippen LogP contribution in [0.2, 0.25) is 5.02 Å². The molecule has 0 unspecified atom stereocenters. The molecule has 1 aromatic carbocycles. The van der Waals surface area contributed by atoms with E-state index >= 15 is 0 Å². The van der Waals surface area contributed by atoms with E-state index in [0.717, 1.165) is 12.8 Å². The van der Waals surface area contributed by atoms with E-state index in [0.29, 0.717) is 32.4 Å². The summed E-state index contributed by atoms with van der Waals surface area (Å²) in [6.45, 7) is 2.02. The third-order valence-corrected chi connectivity index (χ3v) is 5.38. The van der Waals surface area contributed by atoms with Crippen LogP contribution in [0.1, 0.15) is 26.2 Å². The maximum atomic E-state index is 12.1. The van der Waals surface area contributed by atoms with E-state index in [1.165, 1.54) is 30.2 Å². The molecule has 0 spiro atoms. The number of ether oxygens (including phenoxy) is 1. The quantitative estimate of drug-likeness (QED) is 0.474. The first kappa shape index (κ1) is 20.5. The van der Waals surface area contributed by atoms with Gasteiger partial charge in [-0.05, 0) is 24.6 Å². The molecule has 26 heavy (non-hydrogen) atoms. The van der Waals surface area contributed by atoms with Crippen molar-refractivity contribution in [3.8, 4) is 5.75 Å². The number of aromatic nitrogens is 2. The van der Waals surface area contributed by atoms with Crippen LogP contribution in [0.4, 0.5) is 10.8 Å². The fourth-order valence-electron chi connectivity index (χ4n) is 1.93. The van der Waals surface area contributed by atoms with Gasteiger partial charge < -0.3 is 15.4 Å². The number of benzene rings is 1. The van der Waals surface area contributed by atoms with Gasteiger partial charge in [-0.3, -0.25) is 9.59 Å². The van der Waals surface area contributed by atoms with Crippen LogP contribution in [-0.2, 0) is 9.59 Å². The highest BCUT2D eigenvalue weighted by molar-refractivity contribution is 8.01. The van der Waals surface area contributed by atoms with Gasteiger partial charge in [-0.15, -0.1) is 10.2 Å². The van der Waals surface area contributed by atoms with Crippen LogP contribution in [0.25, 0.3) is 0 Å². The molecule has 140 valence electrons. The SMILES string of the molecule is CCCCC(=O)Nc1nnc(SCC(=O)Nc2cc(Cl)ccc2OC)s1. The Morgan fingerprint density at radius 2 is 2.08 bits per heavy atom. The average molecular weight is 415 g/mol. The Morgan fingerprint density at radius 1 is 1.27 bits per heavy atom. The van der Waals surface area contributed by atoms with Gasteiger partial charge >= 0.3 is 0 Å². The fraction of sp³-hybridized carbons (Fsp3) is 0.375. The van der Waals surface area contributed by atoms with Crippen LogP contribution in [-0.4, -0.2) is 34.9 Å². The number of rotatable bonds is 9. The van der Waals surface area contributed by atoms with Crippen molar-refractivity contribution in [1.82, 2.24) is 10.2 Å². The number of unbranched alkanes of at least 4 members (excludes halogenated alkanes) is 1. The van der Waals surface area contributed by atoms with Gasteiger partial charge in [0.15, 0.2) is 4.34 Å². The Kier molecular flexibility index (Phi) is 8.14. The number of methoxy groups -OCH3 is 1. The van der Waals surface area contributed by atoms with Crippen molar-refractivity contribution in [2.75, 3.05) is 23.5 Å². The maximum Gasteiger partial charge on any atom is 0.234 e. The van der Waals surface area contributed by atoms with Gasteiger partial charge in [-0.1, -0.05) is 48.0 Å². The molecule has 2 N–H and O–H groups in total. The summed E-state index contributed by atoms with van der Waals surface area (Å²) < 4.78 is 5.79. The number of carbonyl (C=O) groups excluding carboxylic acids is 2. The largest absolute Gasteiger partial charge is 0.495 e. The van der Waals surface area contributed by atoms with Crippen LogP contribution >= 0.6 is 34.7 Å². The third kappa shape index (κ3) is 6.47. The van der Waals surface area contributed by atoms with Gasteiger partial charge in [0, 0.05) is 11.4 Å². The van der Waals surface area contributed by atoms with Crippen molar-refractivity contribution >= 4 is 57.3 Å². The molecule has 2 rings (SSSR count). The number of nitrogens with zero attached hydrogens (tertiary/aromatic N) is 2. The topological polar surface area (TPSA) is 93.2 Å². The molecule has 0 bridgehead atoms. The minimum absolute atomic E-state index is 0.0784. The first-order valence-electron chi connectivity index (χ1n) is 7.91. The molecule has 1 aromatic heterocycles. The first-order chi connectivity index (χ1) is 12.5. The van der Waals surface area contributed by atoms with Crippen molar-refractivity contribution in [2.24, 2.45) is 0 Å². The summed E-state index contributed by atoms with van der Waals surface area (Å²) in [6, 6.07) is 4.99. The predicted molar refractivity (Wildman–Crippen MR) is 105 cm³/mol. The zero-order valence-corrected chi connectivity index (χ0v) is 16.8. The molecular formula is C16H19ClN4O3S2. The van der Waals surface area contributed by atoms with Gasteiger partial charge in [0.25, 0.3) is 0 Å². The van der Waals surface area contributed by atoms with Crippen LogP contribution in [0.3, 0.4) is 0 Å². The van der Waals surface area contributed by atoms with E-state index in [1.54, 1.807) is 18.2 Å². The number of amides is 2. The van der Waals surface area contributed by atoms with Gasteiger partial charge in [0.05, 0.1) is 18.6 Å². The highest BCUT2D eigenvalue weighted by Crippen LogP contribution is 2.29. The minimum atomic E-state index is -0.223. The molecule has 0 aliphatic rings. The van der Waals surface area contributed by atoms with E-state index in [4.69, 9.17) is 16.3 Å². The Labute approximate surface area is 164 Å². The van der Waals surface area contributed by atoms with E-state index < -0.39 is 0 Å². The van der Waals surface area contributed by atoms with Crippen molar-refractivity contribution in [3.05, 3.63) is 23.2 Å². The molecule has 10 heteroatoms. The Bertz CT molecular complexity index is 770. The molecule has 0 aliphatic carbocycles. The number of nitrogens with one attached hydrogen (secondary N) is 2. The molecule has 1 heterocycles. The maximum absolute atomic E-state index is 12.1. The van der Waals surface area contributed by atoms with E-state index in [1.807, 2.05) is 6.92 Å². The number of anilines is 2. The zero-order chi connectivity index (χ0) is 18.9. The van der Waals surface area contributed by atoms with Crippen molar-refractivity contribution in [1.29, 1.82) is 0 Å². The van der Waals surface area contributed by atoms with Gasteiger partial charge in [0.2, 0.25) is 16.9 Å². The van der Waals surface area contributed by atoms with Gasteiger partial charge in [-0.2, -0.15) is 0 Å². The van der Waals surface area contributed by atoms with E-state index in [2.05, 4.69) is 20.8 Å². The standard InChI is InChI=1S/C16H19ClN4O3S2/c1-3-4-5-13(22)19-15-20-21-16(26-15)25-9-14(23)18-11-8-10(17)6-7-12(11)24-2/h6-8H,3-5,9H2,1-2H3,(H,18,23)(H,19,20,22). The van der Waals surface area contributed by atoms with Crippen LogP contribution in [0.15, 0.2) is 22.5 Å². The molecule has 0 saturated heterocycles. The van der Waals surface area contributed by atoms with Crippen molar-refractivity contribution in [2.45, 2.75) is 30.5 Å². The molecule has 7 nitrogen and oxygen atoms in total. The normalized spacial score (nSPS) is 10.4. The van der Waals surface area contributed by atoms with Crippen LogP contribution in [0, 0.1) is 0 Å². The van der Waals surface area contributed by atoms with E-state index in [9.17, 15) is 9.59 Å². The number of thioether (sulfide) groups is 1. The highest BCUT2D eigenvalue weighted by Gasteiger charge is 2.12. The lowest BCUT2D eigenvalue weighted by Gasteiger charge is -2.09.